The number of thiol groups is 1. The van der Waals surface area contributed by atoms with E-state index in [0.29, 0.717) is 12.1 Å². The summed E-state index contributed by atoms with van der Waals surface area (Å²) in [4.78, 5) is 15.4. The minimum absolute atomic E-state index is 0.0233. The average Bonchev–Trinajstić information content (AvgIpc) is 2.44. The third-order valence-electron chi connectivity index (χ3n) is 3.42. The number of aryl methyl sites for hydroxylation is 2. The fraction of sp³-hybridized carbons (Fsp3) is 0.235. The summed E-state index contributed by atoms with van der Waals surface area (Å²) in [6.07, 6.45) is 0. The number of benzene rings is 2. The Bertz CT molecular complexity index is 637. The lowest BCUT2D eigenvalue weighted by Gasteiger charge is -2.24. The molecule has 0 bridgehead atoms. The quantitative estimate of drug-likeness (QED) is 0.836. The summed E-state index contributed by atoms with van der Waals surface area (Å²) in [6, 6.07) is 13.6. The summed E-state index contributed by atoms with van der Waals surface area (Å²) in [7, 11) is 0. The van der Waals surface area contributed by atoms with Crippen LogP contribution in [0.2, 0.25) is 0 Å². The number of hydrogen-bond acceptors (Lipinski definition) is 2. The molecule has 3 heteroatoms. The Morgan fingerprint density at radius 2 is 1.80 bits per heavy atom. The van der Waals surface area contributed by atoms with Crippen molar-refractivity contribution in [1.29, 1.82) is 0 Å². The topological polar surface area (TPSA) is 20.3 Å². The lowest BCUT2D eigenvalue weighted by molar-refractivity contribution is 0.0987. The molecule has 1 amide bonds. The Balaban J connectivity index is 2.45. The number of hydrogen-bond donors (Lipinski definition) is 1. The minimum Gasteiger partial charge on any atom is -0.308 e. The van der Waals surface area contributed by atoms with E-state index >= 15 is 0 Å². The maximum absolute atomic E-state index is 12.8. The van der Waals surface area contributed by atoms with E-state index < -0.39 is 0 Å². The highest BCUT2D eigenvalue weighted by atomic mass is 32.1. The van der Waals surface area contributed by atoms with Gasteiger partial charge in [0.1, 0.15) is 0 Å². The SMILES string of the molecule is CCN(C(=O)c1cc(S)ccc1C)c1ccccc1C. The predicted octanol–water partition coefficient (Wildman–Crippen LogP) is 4.26. The fourth-order valence-electron chi connectivity index (χ4n) is 2.28. The molecule has 0 radical (unpaired) electrons. The first-order valence-electron chi connectivity index (χ1n) is 6.71. The molecule has 2 aromatic rings. The van der Waals surface area contributed by atoms with Crippen molar-refractivity contribution in [1.82, 2.24) is 0 Å². The number of carbonyl (C=O) groups excluding carboxylic acids is 1. The Kier molecular flexibility index (Phi) is 4.50. The second-order valence-corrected chi connectivity index (χ2v) is 5.35. The number of carbonyl (C=O) groups is 1. The molecule has 2 aromatic carbocycles. The smallest absolute Gasteiger partial charge is 0.258 e. The molecule has 0 aliphatic rings. The van der Waals surface area contributed by atoms with Crippen molar-refractivity contribution in [2.24, 2.45) is 0 Å². The molecule has 0 aromatic heterocycles. The number of para-hydroxylation sites is 1. The van der Waals surface area contributed by atoms with Gasteiger partial charge in [0, 0.05) is 22.7 Å². The molecule has 0 aliphatic carbocycles. The zero-order chi connectivity index (χ0) is 14.7. The van der Waals surface area contributed by atoms with E-state index in [1.807, 2.05) is 68.1 Å². The van der Waals surface area contributed by atoms with Crippen LogP contribution in [0.4, 0.5) is 5.69 Å². The van der Waals surface area contributed by atoms with Crippen molar-refractivity contribution in [2.45, 2.75) is 25.7 Å². The van der Waals surface area contributed by atoms with Crippen LogP contribution in [0.1, 0.15) is 28.4 Å². The standard InChI is InChI=1S/C17H19NOS/c1-4-18(16-8-6-5-7-13(16)3)17(19)15-11-14(20)10-9-12(15)2/h5-11,20H,4H2,1-3H3. The first kappa shape index (κ1) is 14.7. The van der Waals surface area contributed by atoms with E-state index in [0.717, 1.165) is 21.7 Å². The van der Waals surface area contributed by atoms with Crippen LogP contribution in [-0.2, 0) is 0 Å². The largest absolute Gasteiger partial charge is 0.308 e. The molecule has 0 fully saturated rings. The van der Waals surface area contributed by atoms with Gasteiger partial charge < -0.3 is 4.90 Å². The van der Waals surface area contributed by atoms with E-state index in [4.69, 9.17) is 0 Å². The van der Waals surface area contributed by atoms with Crippen molar-refractivity contribution in [3.8, 4) is 0 Å². The van der Waals surface area contributed by atoms with Crippen LogP contribution in [0.3, 0.4) is 0 Å². The van der Waals surface area contributed by atoms with Gasteiger partial charge in [-0.15, -0.1) is 12.6 Å². The molecule has 0 atom stereocenters. The highest BCUT2D eigenvalue weighted by Crippen LogP contribution is 2.23. The van der Waals surface area contributed by atoms with Gasteiger partial charge in [0.15, 0.2) is 0 Å². The van der Waals surface area contributed by atoms with E-state index in [1.165, 1.54) is 0 Å². The van der Waals surface area contributed by atoms with Crippen molar-refractivity contribution >= 4 is 24.2 Å². The van der Waals surface area contributed by atoms with Gasteiger partial charge in [-0.3, -0.25) is 4.79 Å². The van der Waals surface area contributed by atoms with E-state index in [-0.39, 0.29) is 5.91 Å². The van der Waals surface area contributed by atoms with Crippen LogP contribution in [0.25, 0.3) is 0 Å². The van der Waals surface area contributed by atoms with E-state index in [1.54, 1.807) is 0 Å². The minimum atomic E-state index is 0.0233. The monoisotopic (exact) mass is 285 g/mol. The van der Waals surface area contributed by atoms with Gasteiger partial charge in [-0.1, -0.05) is 24.3 Å². The zero-order valence-electron chi connectivity index (χ0n) is 12.1. The molecule has 0 saturated heterocycles. The van der Waals surface area contributed by atoms with Crippen molar-refractivity contribution in [2.75, 3.05) is 11.4 Å². The number of rotatable bonds is 3. The summed E-state index contributed by atoms with van der Waals surface area (Å²) < 4.78 is 0. The van der Waals surface area contributed by atoms with E-state index in [9.17, 15) is 4.79 Å². The van der Waals surface area contributed by atoms with Gasteiger partial charge >= 0.3 is 0 Å². The molecule has 0 aliphatic heterocycles. The number of amides is 1. The molecule has 2 rings (SSSR count). The molecule has 0 unspecified atom stereocenters. The van der Waals surface area contributed by atoms with Gasteiger partial charge in [-0.05, 0) is 50.1 Å². The molecule has 0 saturated carbocycles. The summed E-state index contributed by atoms with van der Waals surface area (Å²) in [6.45, 7) is 6.60. The molecule has 2 nitrogen and oxygen atoms in total. The fourth-order valence-corrected chi connectivity index (χ4v) is 2.48. The predicted molar refractivity (Wildman–Crippen MR) is 87.0 cm³/mol. The van der Waals surface area contributed by atoms with Gasteiger partial charge in [0.25, 0.3) is 5.91 Å². The van der Waals surface area contributed by atoms with E-state index in [2.05, 4.69) is 12.6 Å². The van der Waals surface area contributed by atoms with Gasteiger partial charge in [0.05, 0.1) is 0 Å². The summed E-state index contributed by atoms with van der Waals surface area (Å²) in [5.74, 6) is 0.0233. The molecule has 104 valence electrons. The molecule has 0 spiro atoms. The van der Waals surface area contributed by atoms with Gasteiger partial charge in [-0.2, -0.15) is 0 Å². The van der Waals surface area contributed by atoms with Gasteiger partial charge in [-0.25, -0.2) is 0 Å². The number of anilines is 1. The zero-order valence-corrected chi connectivity index (χ0v) is 12.9. The van der Waals surface area contributed by atoms with Crippen LogP contribution in [-0.4, -0.2) is 12.5 Å². The van der Waals surface area contributed by atoms with Crippen molar-refractivity contribution in [3.05, 3.63) is 59.2 Å². The Morgan fingerprint density at radius 3 is 2.45 bits per heavy atom. The Hall–Kier alpha value is -1.74. The van der Waals surface area contributed by atoms with Crippen LogP contribution in [0.5, 0.6) is 0 Å². The maximum Gasteiger partial charge on any atom is 0.258 e. The second kappa shape index (κ2) is 6.14. The molecular weight excluding hydrogens is 266 g/mol. The average molecular weight is 285 g/mol. The van der Waals surface area contributed by atoms with Crippen LogP contribution in [0.15, 0.2) is 47.4 Å². The van der Waals surface area contributed by atoms with Crippen LogP contribution in [0, 0.1) is 13.8 Å². The van der Waals surface area contributed by atoms with Crippen molar-refractivity contribution in [3.63, 3.8) is 0 Å². The summed E-state index contributed by atoms with van der Waals surface area (Å²) in [5, 5.41) is 0. The Morgan fingerprint density at radius 1 is 1.10 bits per heavy atom. The first-order chi connectivity index (χ1) is 9.54. The number of nitrogens with zero attached hydrogens (tertiary/aromatic N) is 1. The maximum atomic E-state index is 12.8. The Labute approximate surface area is 125 Å². The highest BCUT2D eigenvalue weighted by Gasteiger charge is 2.19. The van der Waals surface area contributed by atoms with Crippen molar-refractivity contribution < 1.29 is 4.79 Å². The lowest BCUT2D eigenvalue weighted by Crippen LogP contribution is -2.31. The molecular formula is C17H19NOS. The highest BCUT2D eigenvalue weighted by molar-refractivity contribution is 7.80. The van der Waals surface area contributed by atoms with Gasteiger partial charge in [0.2, 0.25) is 0 Å². The lowest BCUT2D eigenvalue weighted by atomic mass is 10.1. The normalized spacial score (nSPS) is 10.4. The molecule has 20 heavy (non-hydrogen) atoms. The first-order valence-corrected chi connectivity index (χ1v) is 7.16. The molecule has 0 heterocycles. The summed E-state index contributed by atoms with van der Waals surface area (Å²) >= 11 is 4.33. The van der Waals surface area contributed by atoms with Crippen LogP contribution >= 0.6 is 12.6 Å². The third-order valence-corrected chi connectivity index (χ3v) is 3.70. The summed E-state index contributed by atoms with van der Waals surface area (Å²) in [5.41, 5.74) is 3.74. The van der Waals surface area contributed by atoms with Crippen LogP contribution < -0.4 is 4.90 Å². The molecule has 0 N–H and O–H groups in total. The third kappa shape index (κ3) is 2.88. The second-order valence-electron chi connectivity index (χ2n) is 4.84.